The van der Waals surface area contributed by atoms with Crippen molar-refractivity contribution in [1.29, 1.82) is 0 Å². The van der Waals surface area contributed by atoms with Gasteiger partial charge >= 0.3 is 0 Å². The van der Waals surface area contributed by atoms with Crippen LogP contribution in [0.4, 0.5) is 0 Å². The first kappa shape index (κ1) is 30.7. The molecule has 246 valence electrons. The molecule has 0 spiro atoms. The Bertz CT molecular complexity index is 1130. The average molecular weight is 607 g/mol. The monoisotopic (exact) mass is 606 g/mol. The third-order valence-corrected chi connectivity index (χ3v) is 17.9. The highest BCUT2D eigenvalue weighted by atomic mass is 16.3. The van der Waals surface area contributed by atoms with Crippen LogP contribution in [0.25, 0.3) is 0 Å². The molecule has 0 amide bonds. The second-order valence-electron chi connectivity index (χ2n) is 19.3. The van der Waals surface area contributed by atoms with E-state index in [0.717, 1.165) is 76.0 Å². The van der Waals surface area contributed by atoms with Gasteiger partial charge in [-0.3, -0.25) is 0 Å². The van der Waals surface area contributed by atoms with Crippen molar-refractivity contribution in [3.8, 4) is 11.8 Å². The van der Waals surface area contributed by atoms with Crippen LogP contribution in [0.3, 0.4) is 0 Å². The fourth-order valence-corrected chi connectivity index (χ4v) is 14.9. The van der Waals surface area contributed by atoms with Gasteiger partial charge in [0.05, 0.1) is 12.2 Å². The van der Waals surface area contributed by atoms with E-state index in [9.17, 15) is 20.4 Å². The van der Waals surface area contributed by atoms with Crippen molar-refractivity contribution in [3.63, 3.8) is 0 Å². The summed E-state index contributed by atoms with van der Waals surface area (Å²) in [7, 11) is 0. The van der Waals surface area contributed by atoms with Crippen LogP contribution in [0.5, 0.6) is 0 Å². The maximum absolute atomic E-state index is 11.9. The third kappa shape index (κ3) is 4.23. The summed E-state index contributed by atoms with van der Waals surface area (Å²) in [5.41, 5.74) is -1.19. The molecule has 0 aromatic rings. The van der Waals surface area contributed by atoms with Crippen LogP contribution in [0.1, 0.15) is 143 Å². The van der Waals surface area contributed by atoms with E-state index in [1.165, 1.54) is 51.4 Å². The highest BCUT2D eigenvalue weighted by Gasteiger charge is 2.63. The molecule has 0 saturated heterocycles. The molecule has 16 unspecified atom stereocenters. The van der Waals surface area contributed by atoms with Gasteiger partial charge in [0.1, 0.15) is 11.2 Å². The standard InChI is InChI=1S/C40H62O4/c1-35-17-19-39(43,23-25(35)5-7-27-29-9-11-33(41)37(29,3)15-13-31(27)35)21-22-40(44)20-18-36(2)26(24-40)6-8-28-30-10-12-34(42)38(30,4)16-14-32(28)36/h25-34,41-44H,5-20,23-24H2,1-4H3. The zero-order valence-corrected chi connectivity index (χ0v) is 28.3. The SMILES string of the molecule is CC12CCC3C(CCC4CC(O)(C#CC5(O)CCC6(C)C(CCC7C8CCC(O)C8(C)CCC76)C5)CCC43C)C1CCC2O. The predicted molar refractivity (Wildman–Crippen MR) is 173 cm³/mol. The van der Waals surface area contributed by atoms with E-state index >= 15 is 0 Å². The van der Waals surface area contributed by atoms with Crippen molar-refractivity contribution in [2.45, 2.75) is 167 Å². The fourth-order valence-electron chi connectivity index (χ4n) is 14.9. The van der Waals surface area contributed by atoms with Crippen molar-refractivity contribution in [2.24, 2.45) is 69.0 Å². The fraction of sp³-hybridized carbons (Fsp3) is 0.950. The van der Waals surface area contributed by atoms with Crippen molar-refractivity contribution < 1.29 is 20.4 Å². The molecule has 0 radical (unpaired) electrons. The minimum absolute atomic E-state index is 0.118. The maximum atomic E-state index is 11.9. The molecule has 8 rings (SSSR count). The lowest BCUT2D eigenvalue weighted by molar-refractivity contribution is -0.145. The lowest BCUT2D eigenvalue weighted by atomic mass is 9.44. The van der Waals surface area contributed by atoms with E-state index in [1.807, 2.05) is 0 Å². The molecule has 0 aromatic carbocycles. The Kier molecular flexibility index (Phi) is 6.96. The third-order valence-electron chi connectivity index (χ3n) is 17.9. The smallest absolute Gasteiger partial charge is 0.125 e. The number of hydrogen-bond donors (Lipinski definition) is 4. The Balaban J connectivity index is 0.951. The lowest BCUT2D eigenvalue weighted by Gasteiger charge is -2.61. The van der Waals surface area contributed by atoms with Crippen LogP contribution < -0.4 is 0 Å². The molecule has 4 heteroatoms. The van der Waals surface area contributed by atoms with E-state index in [2.05, 4.69) is 39.5 Å². The van der Waals surface area contributed by atoms with Gasteiger partial charge in [-0.05, 0) is 185 Å². The summed E-state index contributed by atoms with van der Waals surface area (Å²) in [6.07, 6.45) is 18.8. The van der Waals surface area contributed by atoms with E-state index in [4.69, 9.17) is 0 Å². The Morgan fingerprint density at radius 2 is 0.818 bits per heavy atom. The first-order valence-electron chi connectivity index (χ1n) is 19.1. The topological polar surface area (TPSA) is 80.9 Å². The Labute approximate surface area is 267 Å². The predicted octanol–water partition coefficient (Wildman–Crippen LogP) is 7.26. The van der Waals surface area contributed by atoms with Gasteiger partial charge in [-0.15, -0.1) is 0 Å². The second kappa shape index (κ2) is 9.96. The van der Waals surface area contributed by atoms with E-state index in [1.54, 1.807) is 0 Å². The minimum Gasteiger partial charge on any atom is -0.393 e. The van der Waals surface area contributed by atoms with Crippen molar-refractivity contribution in [2.75, 3.05) is 0 Å². The van der Waals surface area contributed by atoms with Crippen LogP contribution in [-0.2, 0) is 0 Å². The highest BCUT2D eigenvalue weighted by molar-refractivity contribution is 5.26. The number of rotatable bonds is 0. The van der Waals surface area contributed by atoms with Crippen LogP contribution >= 0.6 is 0 Å². The van der Waals surface area contributed by atoms with Crippen LogP contribution in [0.15, 0.2) is 0 Å². The largest absolute Gasteiger partial charge is 0.393 e. The highest BCUT2D eigenvalue weighted by Crippen LogP contribution is 2.68. The molecule has 8 saturated carbocycles. The molecule has 8 aliphatic carbocycles. The number of hydrogen-bond acceptors (Lipinski definition) is 4. The quantitative estimate of drug-likeness (QED) is 0.219. The van der Waals surface area contributed by atoms with Gasteiger partial charge in [-0.1, -0.05) is 39.5 Å². The number of fused-ring (bicyclic) bond motifs is 10. The molecule has 0 bridgehead atoms. The first-order valence-corrected chi connectivity index (χ1v) is 19.1. The zero-order chi connectivity index (χ0) is 30.9. The van der Waals surface area contributed by atoms with E-state index < -0.39 is 11.2 Å². The Hall–Kier alpha value is -0.600. The lowest BCUT2D eigenvalue weighted by Crippen LogP contribution is -2.56. The second-order valence-corrected chi connectivity index (χ2v) is 19.3. The van der Waals surface area contributed by atoms with Gasteiger partial charge in [0.2, 0.25) is 0 Å². The molecule has 4 N–H and O–H groups in total. The number of aliphatic hydroxyl groups excluding tert-OH is 2. The van der Waals surface area contributed by atoms with Crippen molar-refractivity contribution in [1.82, 2.24) is 0 Å². The van der Waals surface area contributed by atoms with Crippen LogP contribution in [0, 0.1) is 80.8 Å². The summed E-state index contributed by atoms with van der Waals surface area (Å²) in [5.74, 6) is 12.0. The summed E-state index contributed by atoms with van der Waals surface area (Å²) in [6.45, 7) is 9.79. The van der Waals surface area contributed by atoms with Gasteiger partial charge in [-0.25, -0.2) is 0 Å². The molecule has 16 atom stereocenters. The number of aliphatic hydroxyl groups is 4. The van der Waals surface area contributed by atoms with Gasteiger partial charge in [0.15, 0.2) is 0 Å². The molecule has 44 heavy (non-hydrogen) atoms. The van der Waals surface area contributed by atoms with Crippen LogP contribution in [-0.4, -0.2) is 43.8 Å². The molecule has 0 aliphatic heterocycles. The summed E-state index contributed by atoms with van der Waals surface area (Å²) >= 11 is 0. The van der Waals surface area contributed by atoms with E-state index in [-0.39, 0.29) is 33.9 Å². The molecule has 4 nitrogen and oxygen atoms in total. The van der Waals surface area contributed by atoms with Gasteiger partial charge < -0.3 is 20.4 Å². The van der Waals surface area contributed by atoms with E-state index in [0.29, 0.717) is 35.5 Å². The minimum atomic E-state index is -0.977. The first-order chi connectivity index (χ1) is 20.7. The Morgan fingerprint density at radius 3 is 1.23 bits per heavy atom. The molecular formula is C40H62O4. The van der Waals surface area contributed by atoms with Gasteiger partial charge in [-0.2, -0.15) is 0 Å². The zero-order valence-electron chi connectivity index (χ0n) is 28.3. The summed E-state index contributed by atoms with van der Waals surface area (Å²) in [4.78, 5) is 0. The maximum Gasteiger partial charge on any atom is 0.125 e. The summed E-state index contributed by atoms with van der Waals surface area (Å²) in [6, 6.07) is 0. The average Bonchev–Trinajstić information content (AvgIpc) is 3.47. The molecular weight excluding hydrogens is 544 g/mol. The Morgan fingerprint density at radius 1 is 0.432 bits per heavy atom. The van der Waals surface area contributed by atoms with Gasteiger partial charge in [0, 0.05) is 0 Å². The molecule has 0 heterocycles. The summed E-state index contributed by atoms with van der Waals surface area (Å²) in [5, 5.41) is 45.5. The van der Waals surface area contributed by atoms with Crippen LogP contribution in [0.2, 0.25) is 0 Å². The molecule has 8 fully saturated rings. The van der Waals surface area contributed by atoms with Crippen molar-refractivity contribution >= 4 is 0 Å². The van der Waals surface area contributed by atoms with Crippen molar-refractivity contribution in [3.05, 3.63) is 0 Å². The molecule has 8 aliphatic rings. The summed E-state index contributed by atoms with van der Waals surface area (Å²) < 4.78 is 0. The normalized spacial score (nSPS) is 61.3. The molecule has 0 aromatic heterocycles. The van der Waals surface area contributed by atoms with Gasteiger partial charge in [0.25, 0.3) is 0 Å².